The molecule has 1 aromatic rings. The maximum absolute atomic E-state index is 11.2. The van der Waals surface area contributed by atoms with E-state index in [-0.39, 0.29) is 24.6 Å². The van der Waals surface area contributed by atoms with Crippen LogP contribution in [0.3, 0.4) is 0 Å². The third-order valence-electron chi connectivity index (χ3n) is 2.12. The Morgan fingerprint density at radius 2 is 2.24 bits per heavy atom. The molecule has 1 aromatic heterocycles. The molecule has 1 amide bonds. The lowest BCUT2D eigenvalue weighted by Crippen LogP contribution is -2.34. The predicted octanol–water partition coefficient (Wildman–Crippen LogP) is 0.594. The van der Waals surface area contributed by atoms with Crippen molar-refractivity contribution in [3.05, 3.63) is 23.7 Å². The molecule has 0 bridgehead atoms. The van der Waals surface area contributed by atoms with E-state index < -0.39 is 5.97 Å². The fourth-order valence-electron chi connectivity index (χ4n) is 1.28. The zero-order chi connectivity index (χ0) is 12.7. The van der Waals surface area contributed by atoms with Crippen molar-refractivity contribution in [2.24, 2.45) is 0 Å². The van der Waals surface area contributed by atoms with Crippen LogP contribution in [0.2, 0.25) is 0 Å². The molecule has 0 aliphatic heterocycles. The molecule has 17 heavy (non-hydrogen) atoms. The monoisotopic (exact) mass is 240 g/mol. The lowest BCUT2D eigenvalue weighted by atomic mass is 10.2. The van der Waals surface area contributed by atoms with Gasteiger partial charge in [0.05, 0.1) is 19.4 Å². The second-order valence-corrected chi connectivity index (χ2v) is 3.52. The summed E-state index contributed by atoms with van der Waals surface area (Å²) in [7, 11) is 0. The van der Waals surface area contributed by atoms with Gasteiger partial charge in [-0.15, -0.1) is 0 Å². The van der Waals surface area contributed by atoms with Crippen molar-refractivity contribution in [3.63, 3.8) is 0 Å². The molecule has 6 nitrogen and oxygen atoms in total. The number of aromatic carboxylic acids is 1. The molecule has 1 heterocycles. The highest BCUT2D eigenvalue weighted by Gasteiger charge is 2.12. The Labute approximate surface area is 99.0 Å². The Balaban J connectivity index is 2.33. The van der Waals surface area contributed by atoms with Crippen LogP contribution < -0.4 is 10.6 Å². The molecule has 94 valence electrons. The molecule has 0 saturated carbocycles. The van der Waals surface area contributed by atoms with E-state index in [2.05, 4.69) is 10.6 Å². The third-order valence-corrected chi connectivity index (χ3v) is 2.12. The van der Waals surface area contributed by atoms with Gasteiger partial charge in [-0.25, -0.2) is 4.79 Å². The maximum Gasteiger partial charge on any atom is 0.339 e. The molecule has 1 rings (SSSR count). The van der Waals surface area contributed by atoms with E-state index >= 15 is 0 Å². The first-order valence-electron chi connectivity index (χ1n) is 5.42. The van der Waals surface area contributed by atoms with Crippen molar-refractivity contribution in [1.82, 2.24) is 10.6 Å². The Morgan fingerprint density at radius 1 is 1.47 bits per heavy atom. The zero-order valence-corrected chi connectivity index (χ0v) is 9.66. The van der Waals surface area contributed by atoms with E-state index in [1.165, 1.54) is 12.3 Å². The molecule has 3 N–H and O–H groups in total. The van der Waals surface area contributed by atoms with E-state index in [9.17, 15) is 9.59 Å². The fraction of sp³-hybridized carbons (Fsp3) is 0.455. The minimum absolute atomic E-state index is 0.115. The van der Waals surface area contributed by atoms with E-state index in [0.29, 0.717) is 12.3 Å². The zero-order valence-electron chi connectivity index (χ0n) is 9.66. The maximum atomic E-state index is 11.2. The summed E-state index contributed by atoms with van der Waals surface area (Å²) in [6.07, 6.45) is 2.20. The number of rotatable bonds is 7. The van der Waals surface area contributed by atoms with E-state index in [0.717, 1.165) is 6.42 Å². The summed E-state index contributed by atoms with van der Waals surface area (Å²) in [5.74, 6) is -0.831. The van der Waals surface area contributed by atoms with Crippen molar-refractivity contribution in [1.29, 1.82) is 0 Å². The average molecular weight is 240 g/mol. The van der Waals surface area contributed by atoms with E-state index in [4.69, 9.17) is 9.52 Å². The summed E-state index contributed by atoms with van der Waals surface area (Å²) in [5, 5.41) is 14.3. The van der Waals surface area contributed by atoms with Gasteiger partial charge in [0.15, 0.2) is 0 Å². The summed E-state index contributed by atoms with van der Waals surface area (Å²) in [6, 6.07) is 1.39. The summed E-state index contributed by atoms with van der Waals surface area (Å²) in [4.78, 5) is 22.0. The Kier molecular flexibility index (Phi) is 5.22. The number of furan rings is 1. The van der Waals surface area contributed by atoms with Gasteiger partial charge in [0.1, 0.15) is 11.3 Å². The molecular weight excluding hydrogens is 224 g/mol. The first kappa shape index (κ1) is 13.2. The van der Waals surface area contributed by atoms with Gasteiger partial charge in [0.2, 0.25) is 5.91 Å². The number of carboxylic acids is 1. The Morgan fingerprint density at radius 3 is 2.88 bits per heavy atom. The molecule has 0 spiro atoms. The fourth-order valence-corrected chi connectivity index (χ4v) is 1.28. The summed E-state index contributed by atoms with van der Waals surface area (Å²) in [5.41, 5.74) is 0.117. The van der Waals surface area contributed by atoms with Crippen molar-refractivity contribution >= 4 is 11.9 Å². The highest BCUT2D eigenvalue weighted by atomic mass is 16.4. The molecule has 0 aliphatic rings. The first-order valence-corrected chi connectivity index (χ1v) is 5.42. The van der Waals surface area contributed by atoms with Crippen LogP contribution in [0.4, 0.5) is 0 Å². The van der Waals surface area contributed by atoms with Gasteiger partial charge >= 0.3 is 5.97 Å². The molecule has 0 fully saturated rings. The molecule has 6 heteroatoms. The van der Waals surface area contributed by atoms with Crippen molar-refractivity contribution < 1.29 is 19.1 Å². The molecule has 0 aromatic carbocycles. The number of carbonyl (C=O) groups is 2. The van der Waals surface area contributed by atoms with Gasteiger partial charge in [0, 0.05) is 6.54 Å². The average Bonchev–Trinajstić information content (AvgIpc) is 2.74. The lowest BCUT2D eigenvalue weighted by Gasteiger charge is -2.04. The van der Waals surface area contributed by atoms with Crippen LogP contribution in [0.25, 0.3) is 0 Å². The van der Waals surface area contributed by atoms with Gasteiger partial charge in [-0.05, 0) is 12.5 Å². The number of hydrogen-bond donors (Lipinski definition) is 3. The molecule has 0 saturated heterocycles. The summed E-state index contributed by atoms with van der Waals surface area (Å²) < 4.78 is 5.01. The van der Waals surface area contributed by atoms with Crippen LogP contribution in [0, 0.1) is 0 Å². The quantitative estimate of drug-likeness (QED) is 0.649. The SMILES string of the molecule is CCCNC(=O)CNCc1occc1C(=O)O. The minimum atomic E-state index is -1.04. The van der Waals surface area contributed by atoms with Crippen molar-refractivity contribution in [2.45, 2.75) is 19.9 Å². The lowest BCUT2D eigenvalue weighted by molar-refractivity contribution is -0.120. The Hall–Kier alpha value is -1.82. The third kappa shape index (κ3) is 4.28. The minimum Gasteiger partial charge on any atom is -0.478 e. The normalized spacial score (nSPS) is 10.2. The smallest absolute Gasteiger partial charge is 0.339 e. The number of amides is 1. The topological polar surface area (TPSA) is 91.6 Å². The van der Waals surface area contributed by atoms with Crippen LogP contribution in [-0.2, 0) is 11.3 Å². The molecule has 0 aliphatic carbocycles. The number of hydrogen-bond acceptors (Lipinski definition) is 4. The van der Waals surface area contributed by atoms with Crippen molar-refractivity contribution in [2.75, 3.05) is 13.1 Å². The number of nitrogens with one attached hydrogen (secondary N) is 2. The van der Waals surface area contributed by atoms with Gasteiger partial charge in [0.25, 0.3) is 0 Å². The second-order valence-electron chi connectivity index (χ2n) is 3.52. The van der Waals surface area contributed by atoms with Gasteiger partial charge in [-0.1, -0.05) is 6.92 Å². The van der Waals surface area contributed by atoms with Gasteiger partial charge in [-0.2, -0.15) is 0 Å². The van der Waals surface area contributed by atoms with Crippen LogP contribution >= 0.6 is 0 Å². The van der Waals surface area contributed by atoms with Gasteiger partial charge < -0.3 is 20.2 Å². The number of carbonyl (C=O) groups excluding carboxylic acids is 1. The highest BCUT2D eigenvalue weighted by Crippen LogP contribution is 2.09. The molecule has 0 atom stereocenters. The standard InChI is InChI=1S/C11H16N2O4/c1-2-4-13-10(14)7-12-6-9-8(11(15)16)3-5-17-9/h3,5,12H,2,4,6-7H2,1H3,(H,13,14)(H,15,16). The number of carboxylic acid groups (broad SMARTS) is 1. The molecular formula is C11H16N2O4. The summed E-state index contributed by atoms with van der Waals surface area (Å²) >= 11 is 0. The highest BCUT2D eigenvalue weighted by molar-refractivity contribution is 5.88. The first-order chi connectivity index (χ1) is 8.15. The van der Waals surface area contributed by atoms with Crippen LogP contribution in [-0.4, -0.2) is 30.1 Å². The molecule has 0 radical (unpaired) electrons. The summed E-state index contributed by atoms with van der Waals surface area (Å²) in [6.45, 7) is 2.96. The largest absolute Gasteiger partial charge is 0.478 e. The predicted molar refractivity (Wildman–Crippen MR) is 60.7 cm³/mol. The van der Waals surface area contributed by atoms with E-state index in [1.54, 1.807) is 0 Å². The van der Waals surface area contributed by atoms with Crippen molar-refractivity contribution in [3.8, 4) is 0 Å². The van der Waals surface area contributed by atoms with Crippen LogP contribution in [0.1, 0.15) is 29.5 Å². The van der Waals surface area contributed by atoms with Gasteiger partial charge in [-0.3, -0.25) is 4.79 Å². The molecule has 0 unspecified atom stereocenters. The second kappa shape index (κ2) is 6.70. The van der Waals surface area contributed by atoms with Crippen LogP contribution in [0.5, 0.6) is 0 Å². The Bertz CT molecular complexity index is 387. The van der Waals surface area contributed by atoms with E-state index in [1.807, 2.05) is 6.92 Å². The van der Waals surface area contributed by atoms with Crippen LogP contribution in [0.15, 0.2) is 16.7 Å².